The summed E-state index contributed by atoms with van der Waals surface area (Å²) in [5.41, 5.74) is 0.986. The van der Waals surface area contributed by atoms with E-state index in [2.05, 4.69) is 53.1 Å². The van der Waals surface area contributed by atoms with Crippen molar-refractivity contribution >= 4 is 11.8 Å². The van der Waals surface area contributed by atoms with Crippen molar-refractivity contribution < 1.29 is 14.3 Å². The van der Waals surface area contributed by atoms with E-state index in [1.54, 1.807) is 0 Å². The Bertz CT molecular complexity index is 651. The van der Waals surface area contributed by atoms with Gasteiger partial charge in [0.1, 0.15) is 5.82 Å². The number of amides is 2. The van der Waals surface area contributed by atoms with Gasteiger partial charge in [0.25, 0.3) is 0 Å². The van der Waals surface area contributed by atoms with E-state index in [9.17, 15) is 4.79 Å². The van der Waals surface area contributed by atoms with Gasteiger partial charge in [0.2, 0.25) is 0 Å². The highest BCUT2D eigenvalue weighted by atomic mass is 16.5. The third kappa shape index (κ3) is 7.11. The van der Waals surface area contributed by atoms with Crippen molar-refractivity contribution in [2.45, 2.75) is 65.1 Å². The fourth-order valence-corrected chi connectivity index (χ4v) is 4.29. The number of morpholine rings is 2. The molecular formula is C22H37N5O3. The fraction of sp³-hybridized carbons (Fsp3) is 0.727. The Hall–Kier alpha value is -1.90. The molecule has 2 aliphatic heterocycles. The maximum Gasteiger partial charge on any atom is 0.315 e. The maximum atomic E-state index is 12.1. The molecule has 2 aliphatic rings. The molecule has 168 valence electrons. The normalized spacial score (nSPS) is 27.7. The molecule has 2 saturated heterocycles. The number of nitrogens with one attached hydrogen (secondary N) is 2. The Balaban J connectivity index is 1.33. The second-order valence-electron chi connectivity index (χ2n) is 8.67. The molecule has 0 spiro atoms. The summed E-state index contributed by atoms with van der Waals surface area (Å²) in [5.74, 6) is 0.956. The van der Waals surface area contributed by atoms with Crippen LogP contribution in [0.5, 0.6) is 0 Å². The number of rotatable bonds is 7. The molecule has 8 nitrogen and oxygen atoms in total. The molecule has 30 heavy (non-hydrogen) atoms. The first kappa shape index (κ1) is 22.8. The molecule has 0 radical (unpaired) electrons. The van der Waals surface area contributed by atoms with Gasteiger partial charge in [0.15, 0.2) is 0 Å². The Morgan fingerprint density at radius 3 is 2.23 bits per heavy atom. The topological polar surface area (TPSA) is 79.0 Å². The van der Waals surface area contributed by atoms with Gasteiger partial charge in [-0.15, -0.1) is 0 Å². The van der Waals surface area contributed by atoms with Gasteiger partial charge in [-0.3, -0.25) is 4.90 Å². The van der Waals surface area contributed by atoms with Gasteiger partial charge in [-0.1, -0.05) is 6.07 Å². The molecule has 1 aromatic heterocycles. The highest BCUT2D eigenvalue weighted by molar-refractivity contribution is 5.73. The molecule has 0 saturated carbocycles. The molecular weight excluding hydrogens is 382 g/mol. The Kier molecular flexibility index (Phi) is 8.30. The van der Waals surface area contributed by atoms with Crippen LogP contribution >= 0.6 is 0 Å². The van der Waals surface area contributed by atoms with Crippen LogP contribution in [-0.2, 0) is 16.0 Å². The summed E-state index contributed by atoms with van der Waals surface area (Å²) in [6.07, 6.45) is 3.73. The number of nitrogens with zero attached hydrogens (tertiary/aromatic N) is 3. The maximum absolute atomic E-state index is 12.1. The predicted octanol–water partition coefficient (Wildman–Crippen LogP) is 1.99. The average Bonchev–Trinajstić information content (AvgIpc) is 2.68. The van der Waals surface area contributed by atoms with Gasteiger partial charge in [-0.05, 0) is 45.7 Å². The number of anilines is 1. The van der Waals surface area contributed by atoms with Gasteiger partial charge in [0, 0.05) is 52.0 Å². The van der Waals surface area contributed by atoms with Crippen LogP contribution in [0.3, 0.4) is 0 Å². The minimum atomic E-state index is -0.140. The minimum absolute atomic E-state index is 0.140. The summed E-state index contributed by atoms with van der Waals surface area (Å²) >= 11 is 0. The van der Waals surface area contributed by atoms with Crippen LogP contribution in [-0.4, -0.2) is 79.6 Å². The van der Waals surface area contributed by atoms with Crippen LogP contribution in [0.2, 0.25) is 0 Å². The van der Waals surface area contributed by atoms with E-state index in [0.717, 1.165) is 50.5 Å². The molecule has 0 bridgehead atoms. The SMILES string of the molecule is CC1CN(CCCNC(=O)NCc2ccc(N3CC(C)OC(C)C3)nc2)CC(C)O1. The number of urea groups is 1. The summed E-state index contributed by atoms with van der Waals surface area (Å²) in [6.45, 7) is 14.1. The van der Waals surface area contributed by atoms with Crippen LogP contribution < -0.4 is 15.5 Å². The van der Waals surface area contributed by atoms with Crippen LogP contribution in [0.4, 0.5) is 10.6 Å². The van der Waals surface area contributed by atoms with Crippen molar-refractivity contribution in [1.82, 2.24) is 20.5 Å². The second kappa shape index (κ2) is 10.9. The third-order valence-corrected chi connectivity index (χ3v) is 5.44. The van der Waals surface area contributed by atoms with Gasteiger partial charge in [-0.2, -0.15) is 0 Å². The molecule has 4 atom stereocenters. The standard InChI is InChI=1S/C22H37N5O3/c1-16-12-26(13-17(2)29-16)9-5-8-23-22(28)25-11-20-6-7-21(24-10-20)27-14-18(3)30-19(4)15-27/h6-7,10,16-19H,5,8-9,11-15H2,1-4H3,(H2,23,25,28). The van der Waals surface area contributed by atoms with Crippen LogP contribution in [0.15, 0.2) is 18.3 Å². The summed E-state index contributed by atoms with van der Waals surface area (Å²) in [5, 5.41) is 5.84. The third-order valence-electron chi connectivity index (χ3n) is 5.44. The Morgan fingerprint density at radius 2 is 1.63 bits per heavy atom. The quantitative estimate of drug-likeness (QED) is 0.658. The lowest BCUT2D eigenvalue weighted by Gasteiger charge is -2.36. The molecule has 1 aromatic rings. The zero-order valence-corrected chi connectivity index (χ0v) is 18.8. The van der Waals surface area contributed by atoms with E-state index in [1.165, 1.54) is 0 Å². The second-order valence-corrected chi connectivity index (χ2v) is 8.67. The highest BCUT2D eigenvalue weighted by Gasteiger charge is 2.23. The number of pyridine rings is 1. The average molecular weight is 420 g/mol. The van der Waals surface area contributed by atoms with E-state index in [-0.39, 0.29) is 30.4 Å². The van der Waals surface area contributed by atoms with Crippen LogP contribution in [0.1, 0.15) is 39.7 Å². The molecule has 2 fully saturated rings. The first-order valence-corrected chi connectivity index (χ1v) is 11.1. The van der Waals surface area contributed by atoms with Gasteiger partial charge < -0.3 is 25.0 Å². The van der Waals surface area contributed by atoms with Crippen molar-refractivity contribution in [1.29, 1.82) is 0 Å². The summed E-state index contributed by atoms with van der Waals surface area (Å²) in [4.78, 5) is 21.3. The lowest BCUT2D eigenvalue weighted by molar-refractivity contribution is -0.0679. The number of carbonyl (C=O) groups excluding carboxylic acids is 1. The fourth-order valence-electron chi connectivity index (χ4n) is 4.29. The first-order chi connectivity index (χ1) is 14.4. The molecule has 0 aliphatic carbocycles. The molecule has 2 N–H and O–H groups in total. The first-order valence-electron chi connectivity index (χ1n) is 11.1. The smallest absolute Gasteiger partial charge is 0.315 e. The Morgan fingerprint density at radius 1 is 1.00 bits per heavy atom. The number of carbonyl (C=O) groups is 1. The lowest BCUT2D eigenvalue weighted by Crippen LogP contribution is -2.46. The van der Waals surface area contributed by atoms with Gasteiger partial charge in [-0.25, -0.2) is 9.78 Å². The minimum Gasteiger partial charge on any atom is -0.373 e. The Labute approximate surface area is 180 Å². The number of hydrogen-bond donors (Lipinski definition) is 2. The molecule has 3 rings (SSSR count). The molecule has 8 heteroatoms. The van der Waals surface area contributed by atoms with E-state index in [1.807, 2.05) is 18.3 Å². The van der Waals surface area contributed by atoms with E-state index >= 15 is 0 Å². The van der Waals surface area contributed by atoms with Crippen molar-refractivity contribution in [3.05, 3.63) is 23.9 Å². The van der Waals surface area contributed by atoms with E-state index in [0.29, 0.717) is 13.1 Å². The van der Waals surface area contributed by atoms with E-state index < -0.39 is 0 Å². The molecule has 2 amide bonds. The lowest BCUT2D eigenvalue weighted by atomic mass is 10.2. The highest BCUT2D eigenvalue weighted by Crippen LogP contribution is 2.18. The molecule has 0 aromatic carbocycles. The zero-order chi connectivity index (χ0) is 21.5. The van der Waals surface area contributed by atoms with Gasteiger partial charge in [0.05, 0.1) is 24.4 Å². The van der Waals surface area contributed by atoms with Crippen LogP contribution in [0, 0.1) is 0 Å². The predicted molar refractivity (Wildman–Crippen MR) is 118 cm³/mol. The summed E-state index contributed by atoms with van der Waals surface area (Å²) < 4.78 is 11.5. The number of ether oxygens (including phenoxy) is 2. The van der Waals surface area contributed by atoms with E-state index in [4.69, 9.17) is 9.47 Å². The summed E-state index contributed by atoms with van der Waals surface area (Å²) in [7, 11) is 0. The van der Waals surface area contributed by atoms with Gasteiger partial charge >= 0.3 is 6.03 Å². The molecule has 4 unspecified atom stereocenters. The number of aromatic nitrogens is 1. The van der Waals surface area contributed by atoms with Crippen molar-refractivity contribution in [3.63, 3.8) is 0 Å². The van der Waals surface area contributed by atoms with Crippen LogP contribution in [0.25, 0.3) is 0 Å². The monoisotopic (exact) mass is 419 g/mol. The van der Waals surface area contributed by atoms with Crippen molar-refractivity contribution in [2.75, 3.05) is 44.2 Å². The summed E-state index contributed by atoms with van der Waals surface area (Å²) in [6, 6.07) is 3.90. The number of hydrogen-bond acceptors (Lipinski definition) is 6. The molecule has 3 heterocycles. The largest absolute Gasteiger partial charge is 0.373 e. The van der Waals surface area contributed by atoms with Crippen molar-refractivity contribution in [3.8, 4) is 0 Å². The van der Waals surface area contributed by atoms with Crippen molar-refractivity contribution in [2.24, 2.45) is 0 Å². The zero-order valence-electron chi connectivity index (χ0n) is 18.8.